The molecule has 15 heavy (non-hydrogen) atoms. The number of methoxy groups -OCH3 is 1. The lowest BCUT2D eigenvalue weighted by molar-refractivity contribution is 0.0601. The van der Waals surface area contributed by atoms with Gasteiger partial charge >= 0.3 is 5.97 Å². The van der Waals surface area contributed by atoms with Gasteiger partial charge in [-0.25, -0.2) is 9.78 Å². The highest BCUT2D eigenvalue weighted by Crippen LogP contribution is 2.13. The van der Waals surface area contributed by atoms with Crippen LogP contribution in [0.5, 0.6) is 0 Å². The van der Waals surface area contributed by atoms with Gasteiger partial charge in [0.05, 0.1) is 13.2 Å². The van der Waals surface area contributed by atoms with Gasteiger partial charge in [0.15, 0.2) is 0 Å². The summed E-state index contributed by atoms with van der Waals surface area (Å²) in [6, 6.07) is 3.10. The van der Waals surface area contributed by atoms with E-state index in [-0.39, 0.29) is 6.04 Å². The van der Waals surface area contributed by atoms with Crippen LogP contribution in [0, 0.1) is 12.3 Å². The van der Waals surface area contributed by atoms with Crippen molar-refractivity contribution in [1.82, 2.24) is 4.98 Å². The molecule has 0 spiro atoms. The van der Waals surface area contributed by atoms with Gasteiger partial charge in [-0.2, -0.15) is 0 Å². The van der Waals surface area contributed by atoms with E-state index < -0.39 is 5.97 Å². The Bertz CT molecular complexity index is 396. The summed E-state index contributed by atoms with van der Waals surface area (Å²) in [6.07, 6.45) is 6.80. The number of aromatic nitrogens is 1. The van der Waals surface area contributed by atoms with Crippen LogP contribution in [0.4, 0.5) is 5.82 Å². The maximum absolute atomic E-state index is 11.4. The second-order valence-electron chi connectivity index (χ2n) is 2.92. The average molecular weight is 204 g/mol. The van der Waals surface area contributed by atoms with Gasteiger partial charge in [0.2, 0.25) is 0 Å². The topological polar surface area (TPSA) is 51.2 Å². The normalized spacial score (nSPS) is 11.3. The predicted molar refractivity (Wildman–Crippen MR) is 57.5 cm³/mol. The molecule has 0 saturated heterocycles. The minimum Gasteiger partial charge on any atom is -0.465 e. The molecule has 1 N–H and O–H groups in total. The fraction of sp³-hybridized carbons (Fsp3) is 0.273. The zero-order valence-electron chi connectivity index (χ0n) is 8.65. The van der Waals surface area contributed by atoms with Crippen molar-refractivity contribution in [3.05, 3.63) is 23.9 Å². The summed E-state index contributed by atoms with van der Waals surface area (Å²) in [5, 5.41) is 2.93. The maximum atomic E-state index is 11.4. The van der Waals surface area contributed by atoms with E-state index in [4.69, 9.17) is 6.42 Å². The van der Waals surface area contributed by atoms with E-state index in [1.54, 1.807) is 25.3 Å². The Balaban J connectivity index is 2.97. The largest absolute Gasteiger partial charge is 0.465 e. The first-order valence-corrected chi connectivity index (χ1v) is 4.45. The van der Waals surface area contributed by atoms with E-state index in [9.17, 15) is 4.79 Å². The van der Waals surface area contributed by atoms with E-state index in [1.807, 2.05) is 0 Å². The minimum atomic E-state index is -0.435. The quantitative estimate of drug-likeness (QED) is 0.595. The van der Waals surface area contributed by atoms with Gasteiger partial charge in [-0.1, -0.05) is 5.92 Å². The third kappa shape index (κ3) is 2.71. The molecule has 0 saturated carbocycles. The van der Waals surface area contributed by atoms with Crippen molar-refractivity contribution in [2.24, 2.45) is 0 Å². The molecule has 0 amide bonds. The van der Waals surface area contributed by atoms with E-state index in [0.29, 0.717) is 11.4 Å². The molecule has 0 aliphatic heterocycles. The van der Waals surface area contributed by atoms with Crippen LogP contribution in [0.15, 0.2) is 18.3 Å². The number of carbonyl (C=O) groups excluding carboxylic acids is 1. The van der Waals surface area contributed by atoms with Crippen molar-refractivity contribution in [1.29, 1.82) is 0 Å². The highest BCUT2D eigenvalue weighted by Gasteiger charge is 2.12. The molecule has 1 rings (SSSR count). The van der Waals surface area contributed by atoms with E-state index in [2.05, 4.69) is 21.0 Å². The van der Waals surface area contributed by atoms with Gasteiger partial charge in [0.25, 0.3) is 0 Å². The Labute approximate surface area is 88.7 Å². The molecular formula is C11H12N2O2. The number of pyridine rings is 1. The smallest absolute Gasteiger partial charge is 0.341 e. The lowest BCUT2D eigenvalue weighted by Crippen LogP contribution is -2.16. The van der Waals surface area contributed by atoms with Crippen LogP contribution >= 0.6 is 0 Å². The number of esters is 1. The molecule has 0 fully saturated rings. The summed E-state index contributed by atoms with van der Waals surface area (Å²) in [4.78, 5) is 15.4. The number of carbonyl (C=O) groups is 1. The van der Waals surface area contributed by atoms with Crippen LogP contribution in [0.3, 0.4) is 0 Å². The van der Waals surface area contributed by atoms with E-state index in [1.165, 1.54) is 7.11 Å². The molecule has 4 nitrogen and oxygen atoms in total. The van der Waals surface area contributed by atoms with Crippen molar-refractivity contribution in [3.63, 3.8) is 0 Å². The number of rotatable bonds is 3. The van der Waals surface area contributed by atoms with Gasteiger partial charge in [0, 0.05) is 6.20 Å². The second kappa shape index (κ2) is 5.01. The predicted octanol–water partition coefficient (Wildman–Crippen LogP) is 1.30. The fourth-order valence-electron chi connectivity index (χ4n) is 1.04. The number of hydrogen-bond donors (Lipinski definition) is 1. The Morgan fingerprint density at radius 1 is 1.73 bits per heavy atom. The molecule has 0 aromatic carbocycles. The van der Waals surface area contributed by atoms with Gasteiger partial charge in [-0.15, -0.1) is 6.42 Å². The summed E-state index contributed by atoms with van der Waals surface area (Å²) < 4.78 is 4.62. The van der Waals surface area contributed by atoms with Crippen molar-refractivity contribution < 1.29 is 9.53 Å². The molecule has 0 aliphatic rings. The number of terminal acetylenes is 1. The van der Waals surface area contributed by atoms with Gasteiger partial charge < -0.3 is 10.1 Å². The number of nitrogens with one attached hydrogen (secondary N) is 1. The zero-order valence-corrected chi connectivity index (χ0v) is 8.65. The van der Waals surface area contributed by atoms with Crippen molar-refractivity contribution in [2.75, 3.05) is 12.4 Å². The Morgan fingerprint density at radius 2 is 2.47 bits per heavy atom. The zero-order chi connectivity index (χ0) is 11.3. The molecule has 1 unspecified atom stereocenters. The molecule has 4 heteroatoms. The van der Waals surface area contributed by atoms with Crippen LogP contribution in [0.2, 0.25) is 0 Å². The first-order valence-electron chi connectivity index (χ1n) is 4.45. The molecule has 0 aliphatic carbocycles. The lowest BCUT2D eigenvalue weighted by Gasteiger charge is -2.11. The average Bonchev–Trinajstić information content (AvgIpc) is 2.28. The number of anilines is 1. The van der Waals surface area contributed by atoms with Crippen LogP contribution in [0.25, 0.3) is 0 Å². The number of ether oxygens (including phenoxy) is 1. The first-order chi connectivity index (χ1) is 7.19. The summed E-state index contributed by atoms with van der Waals surface area (Å²) in [6.45, 7) is 1.80. The summed E-state index contributed by atoms with van der Waals surface area (Å²) in [5.74, 6) is 2.50. The third-order valence-corrected chi connectivity index (χ3v) is 1.82. The van der Waals surface area contributed by atoms with Gasteiger partial charge in [-0.05, 0) is 19.1 Å². The second-order valence-corrected chi connectivity index (χ2v) is 2.92. The highest BCUT2D eigenvalue weighted by molar-refractivity contribution is 5.94. The fourth-order valence-corrected chi connectivity index (χ4v) is 1.04. The SMILES string of the molecule is C#CC(C)Nc1ncccc1C(=O)OC. The molecule has 78 valence electrons. The van der Waals surface area contributed by atoms with Crippen LogP contribution in [-0.4, -0.2) is 24.1 Å². The lowest BCUT2D eigenvalue weighted by atomic mass is 10.2. The molecule has 1 heterocycles. The monoisotopic (exact) mass is 204 g/mol. The van der Waals surface area contributed by atoms with Crippen molar-refractivity contribution >= 4 is 11.8 Å². The Morgan fingerprint density at radius 3 is 3.07 bits per heavy atom. The van der Waals surface area contributed by atoms with E-state index in [0.717, 1.165) is 0 Å². The first kappa shape index (κ1) is 11.1. The van der Waals surface area contributed by atoms with Gasteiger partial charge in [0.1, 0.15) is 11.4 Å². The summed E-state index contributed by atoms with van der Waals surface area (Å²) in [5.41, 5.74) is 0.377. The molecule has 0 radical (unpaired) electrons. The molecule has 1 aromatic rings. The van der Waals surface area contributed by atoms with Gasteiger partial charge in [-0.3, -0.25) is 0 Å². The molecule has 1 aromatic heterocycles. The molecule has 1 atom stereocenters. The van der Waals surface area contributed by atoms with Crippen LogP contribution in [-0.2, 0) is 4.74 Å². The standard InChI is InChI=1S/C11H12N2O2/c1-4-8(2)13-10-9(11(14)15-3)6-5-7-12-10/h1,5-8H,2-3H3,(H,12,13). The van der Waals surface area contributed by atoms with Crippen molar-refractivity contribution in [2.45, 2.75) is 13.0 Å². The van der Waals surface area contributed by atoms with Crippen molar-refractivity contribution in [3.8, 4) is 12.3 Å². The molecular weight excluding hydrogens is 192 g/mol. The Kier molecular flexibility index (Phi) is 3.69. The summed E-state index contributed by atoms with van der Waals surface area (Å²) >= 11 is 0. The number of nitrogens with zero attached hydrogens (tertiary/aromatic N) is 1. The van der Waals surface area contributed by atoms with Crippen LogP contribution in [0.1, 0.15) is 17.3 Å². The third-order valence-electron chi connectivity index (χ3n) is 1.82. The molecule has 0 bridgehead atoms. The highest BCUT2D eigenvalue weighted by atomic mass is 16.5. The minimum absolute atomic E-state index is 0.191. The number of hydrogen-bond acceptors (Lipinski definition) is 4. The van der Waals surface area contributed by atoms with E-state index >= 15 is 0 Å². The summed E-state index contributed by atoms with van der Waals surface area (Å²) in [7, 11) is 1.32. The maximum Gasteiger partial charge on any atom is 0.341 e. The van der Waals surface area contributed by atoms with Crippen LogP contribution < -0.4 is 5.32 Å². The Hall–Kier alpha value is -2.02.